The van der Waals surface area contributed by atoms with Gasteiger partial charge in [0.15, 0.2) is 5.82 Å². The minimum Gasteiger partial charge on any atom is -0.324 e. The summed E-state index contributed by atoms with van der Waals surface area (Å²) in [5, 5.41) is 7.62. The summed E-state index contributed by atoms with van der Waals surface area (Å²) in [6, 6.07) is 5.64. The highest BCUT2D eigenvalue weighted by atomic mass is 15.3. The predicted octanol–water partition coefficient (Wildman–Crippen LogP) is 0.121. The van der Waals surface area contributed by atoms with Gasteiger partial charge in [-0.1, -0.05) is 6.07 Å². The molecule has 0 saturated carbocycles. The molecule has 0 spiro atoms. The SMILES string of the molecule is NCc1nncn1-c1ccccn1. The molecule has 2 aromatic rings. The molecule has 2 rings (SSSR count). The minimum atomic E-state index is 0.358. The second-order valence-electron chi connectivity index (χ2n) is 2.51. The zero-order chi connectivity index (χ0) is 9.10. The summed E-state index contributed by atoms with van der Waals surface area (Å²) in [6.07, 6.45) is 3.32. The highest BCUT2D eigenvalue weighted by Gasteiger charge is 2.03. The lowest BCUT2D eigenvalue weighted by molar-refractivity contribution is 0.843. The first-order valence-electron chi connectivity index (χ1n) is 3.92. The molecule has 0 aliphatic carbocycles. The van der Waals surface area contributed by atoms with Crippen molar-refractivity contribution in [1.29, 1.82) is 0 Å². The van der Waals surface area contributed by atoms with Crippen molar-refractivity contribution in [1.82, 2.24) is 19.7 Å². The van der Waals surface area contributed by atoms with Crippen molar-refractivity contribution in [2.45, 2.75) is 6.54 Å². The van der Waals surface area contributed by atoms with Gasteiger partial charge in [-0.15, -0.1) is 10.2 Å². The molecule has 5 nitrogen and oxygen atoms in total. The molecule has 0 radical (unpaired) electrons. The van der Waals surface area contributed by atoms with Gasteiger partial charge in [0.25, 0.3) is 0 Å². The van der Waals surface area contributed by atoms with Crippen LogP contribution in [0.3, 0.4) is 0 Å². The van der Waals surface area contributed by atoms with Crippen LogP contribution in [0.1, 0.15) is 5.82 Å². The second kappa shape index (κ2) is 3.32. The van der Waals surface area contributed by atoms with Gasteiger partial charge in [0.1, 0.15) is 12.1 Å². The molecule has 0 aromatic carbocycles. The molecule has 0 fully saturated rings. The van der Waals surface area contributed by atoms with Crippen molar-refractivity contribution >= 4 is 0 Å². The third-order valence-electron chi connectivity index (χ3n) is 1.70. The lowest BCUT2D eigenvalue weighted by Crippen LogP contribution is -2.07. The quantitative estimate of drug-likeness (QED) is 0.703. The van der Waals surface area contributed by atoms with Crippen molar-refractivity contribution < 1.29 is 0 Å². The van der Waals surface area contributed by atoms with Gasteiger partial charge < -0.3 is 5.73 Å². The summed E-state index contributed by atoms with van der Waals surface area (Å²) in [5.74, 6) is 1.49. The van der Waals surface area contributed by atoms with E-state index in [-0.39, 0.29) is 0 Å². The van der Waals surface area contributed by atoms with Crippen LogP contribution in [0.5, 0.6) is 0 Å². The lowest BCUT2D eigenvalue weighted by atomic mass is 10.4. The Morgan fingerprint density at radius 2 is 2.31 bits per heavy atom. The standard InChI is InChI=1S/C8H9N5/c9-5-8-12-11-6-13(8)7-3-1-2-4-10-7/h1-4,6H,5,9H2. The van der Waals surface area contributed by atoms with Crippen LogP contribution in [0.2, 0.25) is 0 Å². The van der Waals surface area contributed by atoms with Crippen LogP contribution in [0, 0.1) is 0 Å². The van der Waals surface area contributed by atoms with Crippen LogP contribution in [0.15, 0.2) is 30.7 Å². The van der Waals surface area contributed by atoms with E-state index in [0.29, 0.717) is 12.4 Å². The number of pyridine rings is 1. The zero-order valence-corrected chi connectivity index (χ0v) is 6.96. The molecule has 2 N–H and O–H groups in total. The Kier molecular flexibility index (Phi) is 2.01. The highest BCUT2D eigenvalue weighted by Crippen LogP contribution is 2.04. The van der Waals surface area contributed by atoms with E-state index < -0.39 is 0 Å². The van der Waals surface area contributed by atoms with Gasteiger partial charge in [0.2, 0.25) is 0 Å². The summed E-state index contributed by atoms with van der Waals surface area (Å²) in [4.78, 5) is 4.16. The summed E-state index contributed by atoms with van der Waals surface area (Å²) >= 11 is 0. The van der Waals surface area contributed by atoms with E-state index in [2.05, 4.69) is 15.2 Å². The summed E-state index contributed by atoms with van der Waals surface area (Å²) in [6.45, 7) is 0.358. The molecule has 0 amide bonds. The number of nitrogens with zero attached hydrogens (tertiary/aromatic N) is 4. The summed E-state index contributed by atoms with van der Waals surface area (Å²) in [5.41, 5.74) is 5.48. The van der Waals surface area contributed by atoms with E-state index in [4.69, 9.17) is 5.73 Å². The number of aromatic nitrogens is 4. The normalized spacial score (nSPS) is 10.2. The molecule has 0 aliphatic heterocycles. The summed E-state index contributed by atoms with van der Waals surface area (Å²) < 4.78 is 1.76. The van der Waals surface area contributed by atoms with E-state index in [1.165, 1.54) is 0 Å². The summed E-state index contributed by atoms with van der Waals surface area (Å²) in [7, 11) is 0. The minimum absolute atomic E-state index is 0.358. The van der Waals surface area contributed by atoms with E-state index in [0.717, 1.165) is 5.82 Å². The van der Waals surface area contributed by atoms with E-state index in [9.17, 15) is 0 Å². The second-order valence-corrected chi connectivity index (χ2v) is 2.51. The van der Waals surface area contributed by atoms with Gasteiger partial charge in [-0.2, -0.15) is 0 Å². The largest absolute Gasteiger partial charge is 0.324 e. The first-order valence-corrected chi connectivity index (χ1v) is 3.92. The number of hydrogen-bond acceptors (Lipinski definition) is 4. The fraction of sp³-hybridized carbons (Fsp3) is 0.125. The molecule has 5 heteroatoms. The molecular weight excluding hydrogens is 166 g/mol. The average Bonchev–Trinajstić information content (AvgIpc) is 2.67. The Labute approximate surface area is 75.2 Å². The Bertz CT molecular complexity index is 380. The zero-order valence-electron chi connectivity index (χ0n) is 6.96. The van der Waals surface area contributed by atoms with Crippen molar-refractivity contribution in [2.24, 2.45) is 5.73 Å². The first-order chi connectivity index (χ1) is 6.42. The average molecular weight is 175 g/mol. The van der Waals surface area contributed by atoms with E-state index in [1.807, 2.05) is 18.2 Å². The van der Waals surface area contributed by atoms with Crippen LogP contribution in [-0.4, -0.2) is 19.7 Å². The lowest BCUT2D eigenvalue weighted by Gasteiger charge is -2.01. The molecule has 0 bridgehead atoms. The molecule has 13 heavy (non-hydrogen) atoms. The van der Waals surface area contributed by atoms with Gasteiger partial charge in [0.05, 0.1) is 6.54 Å². The Balaban J connectivity index is 2.47. The van der Waals surface area contributed by atoms with Gasteiger partial charge in [0, 0.05) is 6.20 Å². The van der Waals surface area contributed by atoms with Crippen LogP contribution in [-0.2, 0) is 6.54 Å². The Hall–Kier alpha value is -1.75. The highest BCUT2D eigenvalue weighted by molar-refractivity contribution is 5.22. The van der Waals surface area contributed by atoms with Gasteiger partial charge in [-0.25, -0.2) is 4.98 Å². The third-order valence-corrected chi connectivity index (χ3v) is 1.70. The molecular formula is C8H9N5. The van der Waals surface area contributed by atoms with Gasteiger partial charge in [-0.3, -0.25) is 4.57 Å². The van der Waals surface area contributed by atoms with Crippen LogP contribution >= 0.6 is 0 Å². The molecule has 2 heterocycles. The molecule has 0 atom stereocenters. The van der Waals surface area contributed by atoms with Crippen LogP contribution < -0.4 is 5.73 Å². The molecule has 0 aliphatic rings. The maximum Gasteiger partial charge on any atom is 0.152 e. The Morgan fingerprint density at radius 3 is 3.00 bits per heavy atom. The smallest absolute Gasteiger partial charge is 0.152 e. The first kappa shape index (κ1) is 7.88. The fourth-order valence-electron chi connectivity index (χ4n) is 1.09. The van der Waals surface area contributed by atoms with Crippen molar-refractivity contribution in [3.63, 3.8) is 0 Å². The van der Waals surface area contributed by atoms with Crippen LogP contribution in [0.4, 0.5) is 0 Å². The van der Waals surface area contributed by atoms with Crippen molar-refractivity contribution in [3.8, 4) is 5.82 Å². The topological polar surface area (TPSA) is 69.6 Å². The molecule has 2 aromatic heterocycles. The van der Waals surface area contributed by atoms with Gasteiger partial charge in [-0.05, 0) is 12.1 Å². The maximum absolute atomic E-state index is 5.48. The molecule has 66 valence electrons. The third kappa shape index (κ3) is 1.41. The predicted molar refractivity (Wildman–Crippen MR) is 47.0 cm³/mol. The Morgan fingerprint density at radius 1 is 1.38 bits per heavy atom. The van der Waals surface area contributed by atoms with E-state index in [1.54, 1.807) is 17.1 Å². The number of hydrogen-bond donors (Lipinski definition) is 1. The molecule has 0 saturated heterocycles. The fourth-order valence-corrected chi connectivity index (χ4v) is 1.09. The van der Waals surface area contributed by atoms with Gasteiger partial charge >= 0.3 is 0 Å². The number of nitrogens with two attached hydrogens (primary N) is 1. The maximum atomic E-state index is 5.48. The molecule has 0 unspecified atom stereocenters. The van der Waals surface area contributed by atoms with Crippen molar-refractivity contribution in [3.05, 3.63) is 36.5 Å². The monoisotopic (exact) mass is 175 g/mol. The van der Waals surface area contributed by atoms with Crippen LogP contribution in [0.25, 0.3) is 5.82 Å². The van der Waals surface area contributed by atoms with Crippen molar-refractivity contribution in [2.75, 3.05) is 0 Å². The van der Waals surface area contributed by atoms with E-state index >= 15 is 0 Å². The number of rotatable bonds is 2.